The first-order valence-electron chi connectivity index (χ1n) is 3.18. The van der Waals surface area contributed by atoms with E-state index >= 15 is 0 Å². The standard InChI is InChI=1S/C8H10N2/c1-4-7(2)8-5-9-6-10(8)3/h1,5-7H,2-3H3. The van der Waals surface area contributed by atoms with Gasteiger partial charge < -0.3 is 4.57 Å². The quantitative estimate of drug-likeness (QED) is 0.527. The SMILES string of the molecule is C#CC(C)c1cncn1C. The lowest BCUT2D eigenvalue weighted by molar-refractivity contribution is 0.797. The third-order valence-corrected chi connectivity index (χ3v) is 1.55. The first kappa shape index (κ1) is 6.88. The van der Waals surface area contributed by atoms with Crippen molar-refractivity contribution < 1.29 is 0 Å². The lowest BCUT2D eigenvalue weighted by Gasteiger charge is -2.02. The lowest BCUT2D eigenvalue weighted by atomic mass is 10.1. The van der Waals surface area contributed by atoms with Gasteiger partial charge in [-0.3, -0.25) is 0 Å². The topological polar surface area (TPSA) is 17.8 Å². The molecule has 0 N–H and O–H groups in total. The Bertz CT molecular complexity index is 254. The second-order valence-corrected chi connectivity index (χ2v) is 2.32. The predicted molar refractivity (Wildman–Crippen MR) is 40.5 cm³/mol. The molecule has 0 radical (unpaired) electrons. The zero-order valence-electron chi connectivity index (χ0n) is 6.20. The molecule has 0 amide bonds. The lowest BCUT2D eigenvalue weighted by Crippen LogP contribution is -1.97. The molecule has 1 unspecified atom stereocenters. The minimum absolute atomic E-state index is 0.160. The van der Waals surface area contributed by atoms with E-state index in [1.54, 1.807) is 12.5 Å². The summed E-state index contributed by atoms with van der Waals surface area (Å²) in [7, 11) is 1.94. The minimum Gasteiger partial charge on any atom is -0.337 e. The summed E-state index contributed by atoms with van der Waals surface area (Å²) in [5.74, 6) is 2.81. The van der Waals surface area contributed by atoms with Crippen molar-refractivity contribution >= 4 is 0 Å². The summed E-state index contributed by atoms with van der Waals surface area (Å²) in [5.41, 5.74) is 1.09. The maximum Gasteiger partial charge on any atom is 0.0945 e. The number of rotatable bonds is 1. The molecular weight excluding hydrogens is 124 g/mol. The molecule has 2 heteroatoms. The van der Waals surface area contributed by atoms with Gasteiger partial charge in [-0.2, -0.15) is 0 Å². The number of terminal acetylenes is 1. The van der Waals surface area contributed by atoms with Crippen LogP contribution in [0.25, 0.3) is 0 Å². The van der Waals surface area contributed by atoms with E-state index in [1.165, 1.54) is 0 Å². The highest BCUT2D eigenvalue weighted by Gasteiger charge is 2.03. The Kier molecular flexibility index (Phi) is 1.77. The molecular formula is C8H10N2. The molecule has 0 saturated carbocycles. The number of aromatic nitrogens is 2. The van der Waals surface area contributed by atoms with Gasteiger partial charge in [-0.25, -0.2) is 4.98 Å². The number of hydrogen-bond acceptors (Lipinski definition) is 1. The highest BCUT2D eigenvalue weighted by Crippen LogP contribution is 2.10. The fourth-order valence-electron chi connectivity index (χ4n) is 0.870. The first-order chi connectivity index (χ1) is 4.75. The van der Waals surface area contributed by atoms with Crippen LogP contribution in [0.2, 0.25) is 0 Å². The highest BCUT2D eigenvalue weighted by atomic mass is 15.0. The predicted octanol–water partition coefficient (Wildman–Crippen LogP) is 1.16. The van der Waals surface area contributed by atoms with Crippen molar-refractivity contribution in [3.05, 3.63) is 18.2 Å². The second-order valence-electron chi connectivity index (χ2n) is 2.32. The summed E-state index contributed by atoms with van der Waals surface area (Å²) in [6.45, 7) is 1.98. The number of aryl methyl sites for hydroxylation is 1. The highest BCUT2D eigenvalue weighted by molar-refractivity contribution is 5.15. The maximum atomic E-state index is 5.24. The van der Waals surface area contributed by atoms with Crippen molar-refractivity contribution in [1.82, 2.24) is 9.55 Å². The van der Waals surface area contributed by atoms with E-state index in [-0.39, 0.29) is 5.92 Å². The maximum absolute atomic E-state index is 5.24. The minimum atomic E-state index is 0.160. The van der Waals surface area contributed by atoms with E-state index in [1.807, 2.05) is 18.5 Å². The van der Waals surface area contributed by atoms with Crippen LogP contribution in [0.3, 0.4) is 0 Å². The average Bonchev–Trinajstić information content (AvgIpc) is 2.34. The first-order valence-corrected chi connectivity index (χ1v) is 3.18. The molecule has 52 valence electrons. The molecule has 10 heavy (non-hydrogen) atoms. The van der Waals surface area contributed by atoms with Gasteiger partial charge in [0.25, 0.3) is 0 Å². The van der Waals surface area contributed by atoms with Gasteiger partial charge in [0.2, 0.25) is 0 Å². The van der Waals surface area contributed by atoms with E-state index in [0.29, 0.717) is 0 Å². The van der Waals surface area contributed by atoms with Crippen LogP contribution >= 0.6 is 0 Å². The zero-order chi connectivity index (χ0) is 7.56. The van der Waals surface area contributed by atoms with Crippen molar-refractivity contribution in [1.29, 1.82) is 0 Å². The number of hydrogen-bond donors (Lipinski definition) is 0. The molecule has 0 aliphatic carbocycles. The Hall–Kier alpha value is -1.23. The molecule has 1 aromatic heterocycles. The van der Waals surface area contributed by atoms with Crippen LogP contribution in [-0.4, -0.2) is 9.55 Å². The van der Waals surface area contributed by atoms with Gasteiger partial charge in [0.1, 0.15) is 0 Å². The van der Waals surface area contributed by atoms with Crippen molar-refractivity contribution in [3.8, 4) is 12.3 Å². The Morgan fingerprint density at radius 1 is 1.80 bits per heavy atom. The summed E-state index contributed by atoms with van der Waals surface area (Å²) < 4.78 is 1.94. The van der Waals surface area contributed by atoms with E-state index in [0.717, 1.165) is 5.69 Å². The molecule has 1 atom stereocenters. The summed E-state index contributed by atoms with van der Waals surface area (Å²) in [6.07, 6.45) is 8.79. The van der Waals surface area contributed by atoms with Gasteiger partial charge >= 0.3 is 0 Å². The Morgan fingerprint density at radius 3 is 2.90 bits per heavy atom. The van der Waals surface area contributed by atoms with Crippen molar-refractivity contribution in [2.45, 2.75) is 12.8 Å². The van der Waals surface area contributed by atoms with Gasteiger partial charge in [-0.05, 0) is 6.92 Å². The summed E-state index contributed by atoms with van der Waals surface area (Å²) >= 11 is 0. The number of nitrogens with zero attached hydrogens (tertiary/aromatic N) is 2. The molecule has 0 aromatic carbocycles. The van der Waals surface area contributed by atoms with Crippen LogP contribution in [0.1, 0.15) is 18.5 Å². The van der Waals surface area contributed by atoms with Gasteiger partial charge in [-0.15, -0.1) is 6.42 Å². The van der Waals surface area contributed by atoms with Crippen LogP contribution in [0.15, 0.2) is 12.5 Å². The van der Waals surface area contributed by atoms with Crippen molar-refractivity contribution in [3.63, 3.8) is 0 Å². The molecule has 1 aromatic rings. The molecule has 1 rings (SSSR count). The van der Waals surface area contributed by atoms with Gasteiger partial charge in [0.15, 0.2) is 0 Å². The van der Waals surface area contributed by atoms with Gasteiger partial charge in [-0.1, -0.05) is 5.92 Å². The van der Waals surface area contributed by atoms with Crippen LogP contribution in [-0.2, 0) is 7.05 Å². The molecule has 0 aliphatic rings. The Balaban J connectivity index is 2.96. The van der Waals surface area contributed by atoms with Crippen LogP contribution in [0.5, 0.6) is 0 Å². The smallest absolute Gasteiger partial charge is 0.0945 e. The molecule has 0 saturated heterocycles. The van der Waals surface area contributed by atoms with Crippen molar-refractivity contribution in [2.75, 3.05) is 0 Å². The fraction of sp³-hybridized carbons (Fsp3) is 0.375. The van der Waals surface area contributed by atoms with E-state index in [4.69, 9.17) is 6.42 Å². The summed E-state index contributed by atoms with van der Waals surface area (Å²) in [4.78, 5) is 3.96. The van der Waals surface area contributed by atoms with E-state index in [2.05, 4.69) is 10.9 Å². The van der Waals surface area contributed by atoms with Crippen LogP contribution < -0.4 is 0 Å². The average molecular weight is 134 g/mol. The Morgan fingerprint density at radius 2 is 2.50 bits per heavy atom. The molecule has 0 aliphatic heterocycles. The monoisotopic (exact) mass is 134 g/mol. The second kappa shape index (κ2) is 2.57. The van der Waals surface area contributed by atoms with Crippen LogP contribution in [0, 0.1) is 12.3 Å². The summed E-state index contributed by atoms with van der Waals surface area (Å²) in [5, 5.41) is 0. The molecule has 0 bridgehead atoms. The van der Waals surface area contributed by atoms with Crippen molar-refractivity contribution in [2.24, 2.45) is 7.05 Å². The van der Waals surface area contributed by atoms with Crippen LogP contribution in [0.4, 0.5) is 0 Å². The molecule has 2 nitrogen and oxygen atoms in total. The molecule has 0 fully saturated rings. The molecule has 0 spiro atoms. The fourth-order valence-corrected chi connectivity index (χ4v) is 0.870. The largest absolute Gasteiger partial charge is 0.337 e. The normalized spacial score (nSPS) is 12.5. The van der Waals surface area contributed by atoms with Gasteiger partial charge in [0.05, 0.1) is 17.9 Å². The van der Waals surface area contributed by atoms with E-state index < -0.39 is 0 Å². The molecule has 1 heterocycles. The van der Waals surface area contributed by atoms with Gasteiger partial charge in [0, 0.05) is 13.2 Å². The zero-order valence-corrected chi connectivity index (χ0v) is 6.20. The summed E-state index contributed by atoms with van der Waals surface area (Å²) in [6, 6.07) is 0. The third kappa shape index (κ3) is 1.03. The third-order valence-electron chi connectivity index (χ3n) is 1.55. The Labute approximate surface area is 60.9 Å². The van der Waals surface area contributed by atoms with E-state index in [9.17, 15) is 0 Å². The number of imidazole rings is 1.